The standard InChI is InChI=1S/C50H32BN7/c1-29-41(30-12-4-2-5-13-30)34-16-8-9-17-35(34)42(29)45-36-27-31-26-32(49-55-22-11-23-56-49)28-40-44(31)51(37(36)19-24-53-45)38-20-25-54-47-43-46-39(18-10-21-52-46)57(33-14-6-3-7-15-33)50(43)58(40)48(38)47/h2-26,28,41H,27H2,1H3. The zero-order valence-electron chi connectivity index (χ0n) is 31.5. The van der Waals surface area contributed by atoms with E-state index in [1.807, 2.05) is 43.1 Å². The molecule has 1 aliphatic carbocycles. The molecular formula is C50H32BN7. The van der Waals surface area contributed by atoms with Gasteiger partial charge < -0.3 is 0 Å². The minimum atomic E-state index is -0.0369. The molecule has 0 saturated carbocycles. The first kappa shape index (κ1) is 31.7. The summed E-state index contributed by atoms with van der Waals surface area (Å²) in [7, 11) is 0. The van der Waals surface area contributed by atoms with Crippen LogP contribution in [0.2, 0.25) is 0 Å². The molecular weight excluding hydrogens is 709 g/mol. The first-order chi connectivity index (χ1) is 28.7. The molecule has 0 fully saturated rings. The predicted molar refractivity (Wildman–Crippen MR) is 232 cm³/mol. The van der Waals surface area contributed by atoms with E-state index in [4.69, 9.17) is 24.9 Å². The van der Waals surface area contributed by atoms with Crippen LogP contribution in [0.25, 0.3) is 61.4 Å². The highest BCUT2D eigenvalue weighted by Gasteiger charge is 2.43. The third kappa shape index (κ3) is 4.16. The molecule has 1 unspecified atom stereocenters. The van der Waals surface area contributed by atoms with E-state index in [0.717, 1.165) is 62.2 Å². The molecule has 0 saturated heterocycles. The monoisotopic (exact) mass is 741 g/mol. The predicted octanol–water partition coefficient (Wildman–Crippen LogP) is 8.07. The minimum absolute atomic E-state index is 0.0369. The van der Waals surface area contributed by atoms with Gasteiger partial charge in [0.05, 0.1) is 27.6 Å². The Bertz CT molecular complexity index is 3390. The molecule has 8 heteroatoms. The fraction of sp³-hybridized carbons (Fsp3) is 0.0600. The zero-order valence-corrected chi connectivity index (χ0v) is 31.5. The number of allylic oxidation sites excluding steroid dienone is 1. The third-order valence-electron chi connectivity index (χ3n) is 12.8. The van der Waals surface area contributed by atoms with Crippen molar-refractivity contribution in [1.82, 2.24) is 34.1 Å². The van der Waals surface area contributed by atoms with Gasteiger partial charge in [-0.15, -0.1) is 0 Å². The van der Waals surface area contributed by atoms with Crippen LogP contribution < -0.4 is 16.4 Å². The van der Waals surface area contributed by atoms with Gasteiger partial charge in [0.1, 0.15) is 11.2 Å². The van der Waals surface area contributed by atoms with Crippen molar-refractivity contribution >= 4 is 61.8 Å². The van der Waals surface area contributed by atoms with Gasteiger partial charge >= 0.3 is 0 Å². The molecule has 0 amide bonds. The van der Waals surface area contributed by atoms with Gasteiger partial charge in [-0.1, -0.05) is 83.8 Å². The summed E-state index contributed by atoms with van der Waals surface area (Å²) in [5.41, 5.74) is 22.2. The van der Waals surface area contributed by atoms with E-state index < -0.39 is 0 Å². The van der Waals surface area contributed by atoms with Gasteiger partial charge in [-0.3, -0.25) is 24.1 Å². The van der Waals surface area contributed by atoms with E-state index in [2.05, 4.69) is 131 Å². The number of benzene rings is 4. The fourth-order valence-electron chi connectivity index (χ4n) is 10.6. The number of nitrogens with zero attached hydrogens (tertiary/aromatic N) is 7. The summed E-state index contributed by atoms with van der Waals surface area (Å²) in [6.07, 6.45) is 10.3. The van der Waals surface area contributed by atoms with Gasteiger partial charge in [0.2, 0.25) is 6.71 Å². The molecule has 0 bridgehead atoms. The zero-order chi connectivity index (χ0) is 38.1. The van der Waals surface area contributed by atoms with Gasteiger partial charge in [0.25, 0.3) is 0 Å². The summed E-state index contributed by atoms with van der Waals surface area (Å²) in [5.74, 6) is 0.866. The van der Waals surface area contributed by atoms with Crippen molar-refractivity contribution in [3.63, 3.8) is 0 Å². The fourth-order valence-corrected chi connectivity index (χ4v) is 10.6. The molecule has 6 aromatic heterocycles. The number of para-hydroxylation sites is 1. The van der Waals surface area contributed by atoms with E-state index in [9.17, 15) is 0 Å². The second-order valence-electron chi connectivity index (χ2n) is 15.6. The SMILES string of the molecule is CC1=C(c2nccc3c2Cc2cc(-c4ncccn4)cc4c2B3c2ccnc3c5c6ncccc6n(-c6ccccc6)c5n-4c23)c2ccccc2C1c1ccccc1. The maximum atomic E-state index is 5.30. The summed E-state index contributed by atoms with van der Waals surface area (Å²) in [6.45, 7) is 2.27. The lowest BCUT2D eigenvalue weighted by molar-refractivity contribution is 0.974. The first-order valence-corrected chi connectivity index (χ1v) is 19.9. The lowest BCUT2D eigenvalue weighted by atomic mass is 9.32. The highest BCUT2D eigenvalue weighted by atomic mass is 15.2. The summed E-state index contributed by atoms with van der Waals surface area (Å²) < 4.78 is 4.82. The molecule has 7 nitrogen and oxygen atoms in total. The van der Waals surface area contributed by atoms with Crippen LogP contribution in [-0.4, -0.2) is 40.8 Å². The van der Waals surface area contributed by atoms with Crippen molar-refractivity contribution < 1.29 is 0 Å². The largest absolute Gasteiger partial charge is 0.294 e. The Hall–Kier alpha value is -7.45. The first-order valence-electron chi connectivity index (χ1n) is 19.9. The number of rotatable bonds is 4. The Morgan fingerprint density at radius 1 is 0.638 bits per heavy atom. The maximum absolute atomic E-state index is 5.30. The van der Waals surface area contributed by atoms with Crippen molar-refractivity contribution in [3.8, 4) is 22.8 Å². The van der Waals surface area contributed by atoms with E-state index in [1.165, 1.54) is 55.4 Å². The molecule has 3 aliphatic rings. The summed E-state index contributed by atoms with van der Waals surface area (Å²) >= 11 is 0. The van der Waals surface area contributed by atoms with Crippen LogP contribution in [0.4, 0.5) is 0 Å². The second kappa shape index (κ2) is 11.8. The average Bonchev–Trinajstić information content (AvgIpc) is 3.91. The van der Waals surface area contributed by atoms with E-state index in [1.54, 1.807) is 0 Å². The van der Waals surface area contributed by atoms with Crippen LogP contribution in [0.15, 0.2) is 164 Å². The number of aromatic nitrogens is 7. The molecule has 10 aromatic rings. The van der Waals surface area contributed by atoms with Crippen LogP contribution in [-0.2, 0) is 6.42 Å². The van der Waals surface area contributed by atoms with Gasteiger partial charge in [-0.25, -0.2) is 9.97 Å². The van der Waals surface area contributed by atoms with Crippen molar-refractivity contribution in [1.29, 1.82) is 0 Å². The van der Waals surface area contributed by atoms with Crippen molar-refractivity contribution in [2.45, 2.75) is 19.3 Å². The minimum Gasteiger partial charge on any atom is -0.294 e. The van der Waals surface area contributed by atoms with Crippen LogP contribution in [0, 0.1) is 0 Å². The number of fused-ring (bicyclic) bond motifs is 10. The van der Waals surface area contributed by atoms with Crippen molar-refractivity contribution in [2.75, 3.05) is 0 Å². The van der Waals surface area contributed by atoms with Gasteiger partial charge in [0.15, 0.2) is 5.82 Å². The Balaban J connectivity index is 1.14. The maximum Gasteiger partial charge on any atom is 0.247 e. The number of hydrogen-bond acceptors (Lipinski definition) is 5. The normalized spacial score (nSPS) is 15.0. The van der Waals surface area contributed by atoms with Gasteiger partial charge in [-0.05, 0) is 107 Å². The molecule has 0 N–H and O–H groups in total. The van der Waals surface area contributed by atoms with Crippen LogP contribution in [0.5, 0.6) is 0 Å². The smallest absolute Gasteiger partial charge is 0.247 e. The van der Waals surface area contributed by atoms with Crippen LogP contribution in [0.1, 0.15) is 46.4 Å². The molecule has 0 spiro atoms. The number of hydrogen-bond donors (Lipinski definition) is 0. The highest BCUT2D eigenvalue weighted by Crippen LogP contribution is 2.49. The Labute approximate surface area is 334 Å². The van der Waals surface area contributed by atoms with Gasteiger partial charge in [-0.2, -0.15) is 0 Å². The molecule has 58 heavy (non-hydrogen) atoms. The third-order valence-corrected chi connectivity index (χ3v) is 12.8. The lowest BCUT2D eigenvalue weighted by Gasteiger charge is -2.35. The second-order valence-corrected chi connectivity index (χ2v) is 15.6. The Morgan fingerprint density at radius 3 is 2.24 bits per heavy atom. The lowest BCUT2D eigenvalue weighted by Crippen LogP contribution is -2.60. The molecule has 4 aromatic carbocycles. The molecule has 0 radical (unpaired) electrons. The molecule has 1 atom stereocenters. The van der Waals surface area contributed by atoms with Gasteiger partial charge in [0, 0.05) is 59.4 Å². The van der Waals surface area contributed by atoms with Crippen LogP contribution in [0.3, 0.4) is 0 Å². The number of pyridine rings is 3. The quantitative estimate of drug-likeness (QED) is 0.171. The summed E-state index contributed by atoms with van der Waals surface area (Å²) in [6, 6.07) is 45.6. The molecule has 8 heterocycles. The topological polar surface area (TPSA) is 74.3 Å². The van der Waals surface area contributed by atoms with Crippen molar-refractivity contribution in [2.24, 2.45) is 0 Å². The molecule has 13 rings (SSSR count). The summed E-state index contributed by atoms with van der Waals surface area (Å²) in [5, 5.41) is 1.05. The van der Waals surface area contributed by atoms with E-state index in [-0.39, 0.29) is 12.6 Å². The highest BCUT2D eigenvalue weighted by molar-refractivity contribution is 6.99. The Kier molecular flexibility index (Phi) is 6.45. The average molecular weight is 742 g/mol. The Morgan fingerprint density at radius 2 is 1.38 bits per heavy atom. The van der Waals surface area contributed by atoms with E-state index in [0.29, 0.717) is 5.82 Å². The van der Waals surface area contributed by atoms with E-state index >= 15 is 0 Å². The van der Waals surface area contributed by atoms with Crippen LogP contribution >= 0.6 is 0 Å². The molecule has 270 valence electrons. The molecule has 2 aliphatic heterocycles. The summed E-state index contributed by atoms with van der Waals surface area (Å²) in [4.78, 5) is 25.1. The van der Waals surface area contributed by atoms with Crippen molar-refractivity contribution in [3.05, 3.63) is 197 Å².